The Morgan fingerprint density at radius 1 is 1.25 bits per heavy atom. The van der Waals surface area contributed by atoms with Gasteiger partial charge in [-0.25, -0.2) is 0 Å². The number of ether oxygens (including phenoxy) is 2. The fourth-order valence-electron chi connectivity index (χ4n) is 1.11. The van der Waals surface area contributed by atoms with Crippen LogP contribution in [0.25, 0.3) is 0 Å². The van der Waals surface area contributed by atoms with Crippen LogP contribution in [-0.4, -0.2) is 23.5 Å². The van der Waals surface area contributed by atoms with Gasteiger partial charge < -0.3 is 14.3 Å². The van der Waals surface area contributed by atoms with E-state index < -0.39 is 17.7 Å². The number of carbonyl (C=O) groups is 3. The van der Waals surface area contributed by atoms with Gasteiger partial charge in [-0.05, 0) is 13.3 Å². The summed E-state index contributed by atoms with van der Waals surface area (Å²) in [7, 11) is 0. The van der Waals surface area contributed by atoms with Crippen LogP contribution in [0.4, 0.5) is 0 Å². The number of hydrogen-bond donors (Lipinski definition) is 0. The maximum absolute atomic E-state index is 10.6. The first kappa shape index (κ1) is 14.6. The van der Waals surface area contributed by atoms with Crippen LogP contribution in [0, 0.1) is 0 Å². The number of cyclic esters (lactones) is 2. The minimum Gasteiger partial charge on any atom is -0.423 e. The molecule has 0 radical (unpaired) electrons. The van der Waals surface area contributed by atoms with Crippen molar-refractivity contribution < 1.29 is 23.9 Å². The molecule has 0 aromatic carbocycles. The van der Waals surface area contributed by atoms with E-state index in [1.165, 1.54) is 13.8 Å². The zero-order valence-corrected chi connectivity index (χ0v) is 10.2. The highest BCUT2D eigenvalue weighted by Gasteiger charge is 2.34. The highest BCUT2D eigenvalue weighted by Crippen LogP contribution is 2.18. The molecule has 0 N–H and O–H groups in total. The van der Waals surface area contributed by atoms with Gasteiger partial charge in [-0.1, -0.05) is 6.92 Å². The van der Waals surface area contributed by atoms with Crippen LogP contribution in [0.15, 0.2) is 0 Å². The lowest BCUT2D eigenvalue weighted by Gasteiger charge is -2.28. The molecule has 1 rings (SSSR count). The molecule has 0 saturated carbocycles. The van der Waals surface area contributed by atoms with E-state index in [4.69, 9.17) is 0 Å². The van der Waals surface area contributed by atoms with Crippen LogP contribution < -0.4 is 0 Å². The van der Waals surface area contributed by atoms with E-state index in [1.807, 2.05) is 6.92 Å². The van der Waals surface area contributed by atoms with Gasteiger partial charge in [0.1, 0.15) is 12.2 Å². The van der Waals surface area contributed by atoms with Crippen molar-refractivity contribution in [2.75, 3.05) is 0 Å². The Morgan fingerprint density at radius 3 is 1.88 bits per heavy atom. The molecule has 5 heteroatoms. The summed E-state index contributed by atoms with van der Waals surface area (Å²) in [5.74, 6) is -1.84. The Hall–Kier alpha value is -1.39. The van der Waals surface area contributed by atoms with Gasteiger partial charge in [0.25, 0.3) is 5.79 Å². The lowest BCUT2D eigenvalue weighted by molar-refractivity contribution is -0.231. The van der Waals surface area contributed by atoms with E-state index in [9.17, 15) is 14.4 Å². The standard InChI is InChI=1S/C6H8O4.C5H10O/c1-6(2)9-4(7)3-5(8)10-6;1-3-4-5(2)6/h3H2,1-2H3;3-4H2,1-2H3. The van der Waals surface area contributed by atoms with Gasteiger partial charge in [0.15, 0.2) is 0 Å². The Bertz CT molecular complexity index is 262. The summed E-state index contributed by atoms with van der Waals surface area (Å²) in [6.45, 7) is 6.65. The second-order valence-electron chi connectivity index (χ2n) is 3.98. The van der Waals surface area contributed by atoms with Crippen molar-refractivity contribution in [2.45, 2.75) is 52.7 Å². The van der Waals surface area contributed by atoms with E-state index >= 15 is 0 Å². The molecular weight excluding hydrogens is 212 g/mol. The molecule has 0 unspecified atom stereocenters. The molecule has 0 atom stereocenters. The van der Waals surface area contributed by atoms with Crippen LogP contribution in [-0.2, 0) is 23.9 Å². The molecule has 0 aliphatic carbocycles. The first-order valence-electron chi connectivity index (χ1n) is 5.20. The molecule has 1 aliphatic heterocycles. The lowest BCUT2D eigenvalue weighted by atomic mass is 10.3. The molecular formula is C11H18O5. The Labute approximate surface area is 95.1 Å². The third kappa shape index (κ3) is 6.98. The van der Waals surface area contributed by atoms with E-state index in [0.29, 0.717) is 0 Å². The normalized spacial score (nSPS) is 17.8. The second-order valence-corrected chi connectivity index (χ2v) is 3.98. The summed E-state index contributed by atoms with van der Waals surface area (Å²) >= 11 is 0. The lowest BCUT2D eigenvalue weighted by Crippen LogP contribution is -2.39. The third-order valence-corrected chi connectivity index (χ3v) is 1.61. The summed E-state index contributed by atoms with van der Waals surface area (Å²) in [5, 5.41) is 0. The van der Waals surface area contributed by atoms with Gasteiger partial charge in [-0.15, -0.1) is 0 Å². The summed E-state index contributed by atoms with van der Waals surface area (Å²) < 4.78 is 9.32. The molecule has 1 saturated heterocycles. The SMILES string of the molecule is CC1(C)OC(=O)CC(=O)O1.CCCC(C)=O. The van der Waals surface area contributed by atoms with Gasteiger partial charge >= 0.3 is 11.9 Å². The maximum atomic E-state index is 10.6. The van der Waals surface area contributed by atoms with Crippen LogP contribution in [0.2, 0.25) is 0 Å². The van der Waals surface area contributed by atoms with Gasteiger partial charge in [0.2, 0.25) is 0 Å². The van der Waals surface area contributed by atoms with E-state index in [0.717, 1.165) is 12.8 Å². The molecule has 1 fully saturated rings. The summed E-state index contributed by atoms with van der Waals surface area (Å²) in [5.41, 5.74) is 0. The van der Waals surface area contributed by atoms with E-state index in [-0.39, 0.29) is 12.2 Å². The van der Waals surface area contributed by atoms with Crippen molar-refractivity contribution in [2.24, 2.45) is 0 Å². The summed E-state index contributed by atoms with van der Waals surface area (Å²) in [6, 6.07) is 0. The van der Waals surface area contributed by atoms with Crippen LogP contribution in [0.3, 0.4) is 0 Å². The van der Waals surface area contributed by atoms with Crippen molar-refractivity contribution >= 4 is 17.7 Å². The summed E-state index contributed by atoms with van der Waals surface area (Å²) in [4.78, 5) is 31.2. The smallest absolute Gasteiger partial charge is 0.320 e. The van der Waals surface area contributed by atoms with Crippen molar-refractivity contribution in [3.8, 4) is 0 Å². The van der Waals surface area contributed by atoms with Gasteiger partial charge in [-0.3, -0.25) is 9.59 Å². The van der Waals surface area contributed by atoms with Crippen LogP contribution in [0.1, 0.15) is 47.0 Å². The zero-order chi connectivity index (χ0) is 12.8. The van der Waals surface area contributed by atoms with Gasteiger partial charge in [-0.2, -0.15) is 0 Å². The van der Waals surface area contributed by atoms with Crippen molar-refractivity contribution in [3.05, 3.63) is 0 Å². The molecule has 0 spiro atoms. The molecule has 0 aromatic heterocycles. The molecule has 1 heterocycles. The predicted octanol–water partition coefficient (Wildman–Crippen LogP) is 1.59. The van der Waals surface area contributed by atoms with Crippen LogP contribution >= 0.6 is 0 Å². The van der Waals surface area contributed by atoms with Crippen molar-refractivity contribution in [3.63, 3.8) is 0 Å². The summed E-state index contributed by atoms with van der Waals surface area (Å²) in [6.07, 6.45) is 1.44. The zero-order valence-electron chi connectivity index (χ0n) is 10.2. The average molecular weight is 230 g/mol. The number of rotatable bonds is 2. The Morgan fingerprint density at radius 2 is 1.69 bits per heavy atom. The van der Waals surface area contributed by atoms with Gasteiger partial charge in [0.05, 0.1) is 0 Å². The van der Waals surface area contributed by atoms with E-state index in [2.05, 4.69) is 9.47 Å². The minimum absolute atomic E-state index is 0.274. The molecule has 0 aromatic rings. The van der Waals surface area contributed by atoms with E-state index in [1.54, 1.807) is 6.92 Å². The molecule has 16 heavy (non-hydrogen) atoms. The third-order valence-electron chi connectivity index (χ3n) is 1.61. The van der Waals surface area contributed by atoms with Gasteiger partial charge in [0, 0.05) is 20.3 Å². The molecule has 92 valence electrons. The fraction of sp³-hybridized carbons (Fsp3) is 0.727. The first-order valence-corrected chi connectivity index (χ1v) is 5.20. The largest absolute Gasteiger partial charge is 0.423 e. The minimum atomic E-state index is -1.08. The molecule has 1 aliphatic rings. The Kier molecular flexibility index (Phi) is 5.71. The molecule has 5 nitrogen and oxygen atoms in total. The maximum Gasteiger partial charge on any atom is 0.320 e. The van der Waals surface area contributed by atoms with Crippen molar-refractivity contribution in [1.82, 2.24) is 0 Å². The Balaban J connectivity index is 0.000000325. The topological polar surface area (TPSA) is 69.7 Å². The number of carbonyl (C=O) groups excluding carboxylic acids is 3. The van der Waals surface area contributed by atoms with Crippen LogP contribution in [0.5, 0.6) is 0 Å². The number of hydrogen-bond acceptors (Lipinski definition) is 5. The highest BCUT2D eigenvalue weighted by molar-refractivity contribution is 5.92. The number of Topliss-reactive ketones (excluding diaryl/α,β-unsaturated/α-hetero) is 1. The quantitative estimate of drug-likeness (QED) is 0.532. The highest BCUT2D eigenvalue weighted by atomic mass is 16.7. The monoisotopic (exact) mass is 230 g/mol. The number of ketones is 1. The average Bonchev–Trinajstić information content (AvgIpc) is 1.98. The molecule has 0 bridgehead atoms. The predicted molar refractivity (Wildman–Crippen MR) is 56.5 cm³/mol. The number of esters is 2. The first-order chi connectivity index (χ1) is 7.26. The fourth-order valence-corrected chi connectivity index (χ4v) is 1.11. The van der Waals surface area contributed by atoms with Crippen molar-refractivity contribution in [1.29, 1.82) is 0 Å². The second kappa shape index (κ2) is 6.25. The molecule has 0 amide bonds.